The number of thiazole rings is 1. The average Bonchev–Trinajstić information content (AvgIpc) is 3.16. The van der Waals surface area contributed by atoms with Crippen molar-refractivity contribution in [3.05, 3.63) is 50.9 Å². The van der Waals surface area contributed by atoms with E-state index >= 15 is 0 Å². The Morgan fingerprint density at radius 3 is 2.89 bits per heavy atom. The van der Waals surface area contributed by atoms with E-state index in [9.17, 15) is 9.90 Å². The molecule has 1 saturated heterocycles. The molecule has 3 atom stereocenters. The zero-order valence-corrected chi connectivity index (χ0v) is 18.4. The fourth-order valence-electron chi connectivity index (χ4n) is 3.53. The summed E-state index contributed by atoms with van der Waals surface area (Å²) in [5.41, 5.74) is -0.647. The van der Waals surface area contributed by atoms with Crippen molar-refractivity contribution < 1.29 is 14.6 Å². The van der Waals surface area contributed by atoms with Crippen LogP contribution >= 0.6 is 39.0 Å². The normalized spacial score (nSPS) is 29.7. The van der Waals surface area contributed by atoms with Gasteiger partial charge in [-0.2, -0.15) is 0 Å². The molecule has 148 valence electrons. The number of aliphatic hydroxyl groups excluding tert-OH is 1. The van der Waals surface area contributed by atoms with E-state index in [2.05, 4.69) is 26.2 Å². The van der Waals surface area contributed by atoms with Crippen LogP contribution < -0.4 is 5.32 Å². The Kier molecular flexibility index (Phi) is 5.63. The molecule has 1 fully saturated rings. The summed E-state index contributed by atoms with van der Waals surface area (Å²) in [6, 6.07) is 9.09. The largest absolute Gasteiger partial charge is 0.393 e. The number of amidine groups is 1. The molecule has 6 nitrogen and oxygen atoms in total. The number of thioether (sulfide) groups is 1. The monoisotopic (exact) mass is 481 g/mol. The van der Waals surface area contributed by atoms with Gasteiger partial charge in [0.15, 0.2) is 5.17 Å². The van der Waals surface area contributed by atoms with Crippen molar-refractivity contribution >= 4 is 50.1 Å². The van der Waals surface area contributed by atoms with E-state index in [1.54, 1.807) is 12.1 Å². The van der Waals surface area contributed by atoms with Crippen LogP contribution in [0, 0.1) is 5.92 Å². The summed E-state index contributed by atoms with van der Waals surface area (Å²) in [6.07, 6.45) is 0.678. The summed E-state index contributed by atoms with van der Waals surface area (Å²) in [5, 5.41) is 16.1. The lowest BCUT2D eigenvalue weighted by atomic mass is 9.76. The molecule has 28 heavy (non-hydrogen) atoms. The molecule has 0 spiro atoms. The van der Waals surface area contributed by atoms with Crippen molar-refractivity contribution in [3.63, 3.8) is 0 Å². The van der Waals surface area contributed by atoms with Gasteiger partial charge in [0.25, 0.3) is 5.91 Å². The van der Waals surface area contributed by atoms with E-state index in [1.165, 1.54) is 23.1 Å². The first-order valence-electron chi connectivity index (χ1n) is 8.89. The van der Waals surface area contributed by atoms with Crippen LogP contribution in [-0.2, 0) is 10.3 Å². The van der Waals surface area contributed by atoms with Gasteiger partial charge in [0.2, 0.25) is 0 Å². The van der Waals surface area contributed by atoms with Gasteiger partial charge in [-0.05, 0) is 41.4 Å². The predicted octanol–water partition coefficient (Wildman–Crippen LogP) is 3.42. The number of benzene rings is 1. The maximum atomic E-state index is 12.6. The Morgan fingerprint density at radius 1 is 1.43 bits per heavy atom. The van der Waals surface area contributed by atoms with E-state index < -0.39 is 11.1 Å². The lowest BCUT2D eigenvalue weighted by molar-refractivity contribution is -0.141. The molecule has 0 radical (unpaired) electrons. The first-order chi connectivity index (χ1) is 13.4. The number of rotatable bonds is 3. The van der Waals surface area contributed by atoms with Crippen LogP contribution in [0.25, 0.3) is 0 Å². The van der Waals surface area contributed by atoms with E-state index in [1.807, 2.05) is 30.5 Å². The molecule has 0 aliphatic carbocycles. The van der Waals surface area contributed by atoms with Crippen molar-refractivity contribution in [1.29, 1.82) is 0 Å². The summed E-state index contributed by atoms with van der Waals surface area (Å²) in [6.45, 7) is 2.21. The number of carbonyl (C=O) groups excluding carboxylic acids is 1. The van der Waals surface area contributed by atoms with Crippen LogP contribution in [0.4, 0.5) is 0 Å². The number of aromatic nitrogens is 1. The van der Waals surface area contributed by atoms with Gasteiger partial charge in [0.1, 0.15) is 15.1 Å². The average molecular weight is 482 g/mol. The van der Waals surface area contributed by atoms with Gasteiger partial charge in [0.05, 0.1) is 18.8 Å². The topological polar surface area (TPSA) is 83.8 Å². The van der Waals surface area contributed by atoms with Gasteiger partial charge in [-0.3, -0.25) is 4.79 Å². The summed E-state index contributed by atoms with van der Waals surface area (Å²) >= 11 is 6.49. The molecule has 1 aromatic carbocycles. The molecule has 1 amide bonds. The van der Waals surface area contributed by atoms with Gasteiger partial charge in [-0.15, -0.1) is 11.3 Å². The third-order valence-corrected chi connectivity index (χ3v) is 7.91. The second kappa shape index (κ2) is 7.87. The first-order valence-corrected chi connectivity index (χ1v) is 11.6. The van der Waals surface area contributed by atoms with Crippen molar-refractivity contribution in [2.45, 2.75) is 24.5 Å². The molecule has 2 aromatic rings. The minimum atomic E-state index is -0.657. The zero-order valence-electron chi connectivity index (χ0n) is 15.2. The third-order valence-electron chi connectivity index (χ3n) is 5.15. The molecule has 3 heterocycles. The predicted molar refractivity (Wildman–Crippen MR) is 115 cm³/mol. The van der Waals surface area contributed by atoms with Crippen molar-refractivity contribution in [3.8, 4) is 0 Å². The molecular formula is C19H20BrN3O3S2. The highest BCUT2D eigenvalue weighted by Gasteiger charge is 2.53. The number of nitrogens with zero attached hydrogens (tertiary/aromatic N) is 2. The highest BCUT2D eigenvalue weighted by Crippen LogP contribution is 2.49. The number of hydrogen-bond donors (Lipinski definition) is 2. The van der Waals surface area contributed by atoms with Gasteiger partial charge in [0, 0.05) is 22.6 Å². The van der Waals surface area contributed by atoms with Crippen LogP contribution in [0.5, 0.6) is 0 Å². The van der Waals surface area contributed by atoms with Crippen LogP contribution in [0.2, 0.25) is 0 Å². The van der Waals surface area contributed by atoms with Crippen LogP contribution in [0.3, 0.4) is 0 Å². The number of hydrogen-bond acceptors (Lipinski definition) is 7. The van der Waals surface area contributed by atoms with Crippen LogP contribution in [0.1, 0.15) is 28.7 Å². The minimum absolute atomic E-state index is 0.0346. The van der Waals surface area contributed by atoms with Crippen molar-refractivity contribution in [2.75, 3.05) is 19.0 Å². The SMILES string of the molecule is C[C@]1(CO)C[C@H]2CSC(NC(=O)c3ccccc3)=N[C@@]2(c2nc(Br)cs2)CO1. The molecule has 4 rings (SSSR count). The lowest BCUT2D eigenvalue weighted by Crippen LogP contribution is -2.55. The third kappa shape index (κ3) is 3.78. The number of ether oxygens (including phenoxy) is 1. The van der Waals surface area contributed by atoms with E-state index in [4.69, 9.17) is 9.73 Å². The highest BCUT2D eigenvalue weighted by molar-refractivity contribution is 9.10. The fourth-order valence-corrected chi connectivity index (χ4v) is 6.14. The first kappa shape index (κ1) is 20.0. The Labute approximate surface area is 179 Å². The molecule has 0 bridgehead atoms. The van der Waals surface area contributed by atoms with Gasteiger partial charge in [-0.1, -0.05) is 30.0 Å². The number of carbonyl (C=O) groups is 1. The van der Waals surface area contributed by atoms with Crippen LogP contribution in [0.15, 0.2) is 45.3 Å². The molecule has 2 aliphatic rings. The van der Waals surface area contributed by atoms with E-state index in [-0.39, 0.29) is 18.4 Å². The Balaban J connectivity index is 1.66. The zero-order chi connectivity index (χ0) is 19.8. The number of aliphatic imine (C=N–C) groups is 1. The second-order valence-electron chi connectivity index (χ2n) is 7.25. The summed E-state index contributed by atoms with van der Waals surface area (Å²) in [5.74, 6) is 0.737. The summed E-state index contributed by atoms with van der Waals surface area (Å²) in [4.78, 5) is 22.1. The second-order valence-corrected chi connectivity index (χ2v) is 9.92. The quantitative estimate of drug-likeness (QED) is 0.701. The molecule has 9 heteroatoms. The summed E-state index contributed by atoms with van der Waals surface area (Å²) in [7, 11) is 0. The van der Waals surface area contributed by atoms with Crippen molar-refractivity contribution in [1.82, 2.24) is 10.3 Å². The summed E-state index contributed by atoms with van der Waals surface area (Å²) < 4.78 is 6.82. The number of aliphatic hydroxyl groups is 1. The van der Waals surface area contributed by atoms with Gasteiger partial charge in [-0.25, -0.2) is 9.98 Å². The van der Waals surface area contributed by atoms with Gasteiger partial charge < -0.3 is 15.2 Å². The molecule has 0 saturated carbocycles. The number of nitrogens with one attached hydrogen (secondary N) is 1. The Hall–Kier alpha value is -1.26. The lowest BCUT2D eigenvalue weighted by Gasteiger charge is -2.48. The van der Waals surface area contributed by atoms with Crippen LogP contribution in [-0.4, -0.2) is 45.7 Å². The molecule has 2 N–H and O–H groups in total. The standard InChI is InChI=1S/C19H20BrN3O3S2/c1-18(10-24)7-13-8-28-17(22-15(25)12-5-3-2-4-6-12)23-19(13,11-26-18)16-21-14(20)9-27-16/h2-6,9,13,24H,7-8,10-11H2,1H3,(H,22,23,25)/t13-,18+,19-/m0/s1. The smallest absolute Gasteiger partial charge is 0.257 e. The van der Waals surface area contributed by atoms with E-state index in [0.717, 1.165) is 15.4 Å². The van der Waals surface area contributed by atoms with E-state index in [0.29, 0.717) is 23.8 Å². The molecule has 2 aliphatic heterocycles. The fraction of sp³-hybridized carbons (Fsp3) is 0.421. The Bertz CT molecular complexity index is 907. The Morgan fingerprint density at radius 2 is 2.21 bits per heavy atom. The molecule has 1 aromatic heterocycles. The molecular weight excluding hydrogens is 462 g/mol. The highest BCUT2D eigenvalue weighted by atomic mass is 79.9. The van der Waals surface area contributed by atoms with Gasteiger partial charge >= 0.3 is 0 Å². The minimum Gasteiger partial charge on any atom is -0.393 e. The van der Waals surface area contributed by atoms with Crippen molar-refractivity contribution in [2.24, 2.45) is 10.9 Å². The maximum absolute atomic E-state index is 12.6. The molecule has 0 unspecified atom stereocenters. The number of fused-ring (bicyclic) bond motifs is 1. The maximum Gasteiger partial charge on any atom is 0.257 e. The number of halogens is 1. The number of amides is 1.